The molecule has 0 saturated carbocycles. The summed E-state index contributed by atoms with van der Waals surface area (Å²) in [5, 5.41) is 0.788. The van der Waals surface area contributed by atoms with Crippen LogP contribution in [-0.4, -0.2) is 31.8 Å². The van der Waals surface area contributed by atoms with Gasteiger partial charge in [0.1, 0.15) is 11.5 Å². The van der Waals surface area contributed by atoms with Crippen LogP contribution in [0.15, 0.2) is 42.5 Å². The monoisotopic (exact) mass is 385 g/mol. The molecule has 0 aliphatic heterocycles. The van der Waals surface area contributed by atoms with Gasteiger partial charge in [-0.25, -0.2) is 4.79 Å². The number of aromatic nitrogens is 1. The maximum atomic E-state index is 12.8. The molecule has 27 heavy (non-hydrogen) atoms. The Hall–Kier alpha value is -2.79. The standard InChI is InChI=1S/C21H20ClNO4/c1-4-27-21(24)20-18(12-22)23-17-10-9-15(26-3)11-16(17)19(20)13-5-7-14(25-2)8-6-13/h5-11H,4,12H2,1-3H3. The summed E-state index contributed by atoms with van der Waals surface area (Å²) in [6.07, 6.45) is 0. The molecule has 0 aliphatic rings. The van der Waals surface area contributed by atoms with Gasteiger partial charge in [0.2, 0.25) is 0 Å². The number of nitrogens with zero attached hydrogens (tertiary/aromatic N) is 1. The van der Waals surface area contributed by atoms with Crippen molar-refractivity contribution < 1.29 is 19.0 Å². The van der Waals surface area contributed by atoms with Gasteiger partial charge in [0.05, 0.1) is 43.5 Å². The van der Waals surface area contributed by atoms with E-state index in [2.05, 4.69) is 4.98 Å². The normalized spacial score (nSPS) is 10.7. The summed E-state index contributed by atoms with van der Waals surface area (Å²) in [4.78, 5) is 17.3. The fraction of sp³-hybridized carbons (Fsp3) is 0.238. The molecule has 0 atom stereocenters. The van der Waals surface area contributed by atoms with Crippen molar-refractivity contribution in [1.29, 1.82) is 0 Å². The first kappa shape index (κ1) is 19.0. The Kier molecular flexibility index (Phi) is 5.81. The van der Waals surface area contributed by atoms with Gasteiger partial charge in [-0.1, -0.05) is 12.1 Å². The third kappa shape index (κ3) is 3.69. The molecule has 1 heterocycles. The van der Waals surface area contributed by atoms with Crippen LogP contribution in [0.4, 0.5) is 0 Å². The van der Waals surface area contributed by atoms with E-state index in [1.54, 1.807) is 21.1 Å². The van der Waals surface area contributed by atoms with Crippen LogP contribution in [-0.2, 0) is 10.6 Å². The Morgan fingerprint density at radius 2 is 1.70 bits per heavy atom. The number of carbonyl (C=O) groups excluding carboxylic acids is 1. The summed E-state index contributed by atoms with van der Waals surface area (Å²) in [6.45, 7) is 2.03. The minimum Gasteiger partial charge on any atom is -0.497 e. The third-order valence-electron chi connectivity index (χ3n) is 4.25. The Morgan fingerprint density at radius 3 is 2.30 bits per heavy atom. The first-order valence-corrected chi connectivity index (χ1v) is 9.04. The average molecular weight is 386 g/mol. The topological polar surface area (TPSA) is 57.7 Å². The Bertz CT molecular complexity index is 970. The lowest BCUT2D eigenvalue weighted by atomic mass is 9.94. The summed E-state index contributed by atoms with van der Waals surface area (Å²) in [5.74, 6) is 1.05. The van der Waals surface area contributed by atoms with Crippen molar-refractivity contribution in [2.24, 2.45) is 0 Å². The SMILES string of the molecule is CCOC(=O)c1c(CCl)nc2ccc(OC)cc2c1-c1ccc(OC)cc1. The molecule has 0 unspecified atom stereocenters. The van der Waals surface area contributed by atoms with Gasteiger partial charge in [0.15, 0.2) is 0 Å². The molecule has 140 valence electrons. The predicted octanol–water partition coefficient (Wildman–Crippen LogP) is 4.83. The highest BCUT2D eigenvalue weighted by Crippen LogP contribution is 2.36. The number of hydrogen-bond donors (Lipinski definition) is 0. The van der Waals surface area contributed by atoms with E-state index in [0.717, 1.165) is 27.8 Å². The van der Waals surface area contributed by atoms with E-state index in [-0.39, 0.29) is 12.5 Å². The zero-order valence-corrected chi connectivity index (χ0v) is 16.2. The van der Waals surface area contributed by atoms with Crippen molar-refractivity contribution in [1.82, 2.24) is 4.98 Å². The van der Waals surface area contributed by atoms with Gasteiger partial charge >= 0.3 is 5.97 Å². The lowest BCUT2D eigenvalue weighted by Gasteiger charge is -2.16. The number of pyridine rings is 1. The fourth-order valence-electron chi connectivity index (χ4n) is 3.00. The van der Waals surface area contributed by atoms with E-state index in [1.807, 2.05) is 42.5 Å². The maximum absolute atomic E-state index is 12.8. The van der Waals surface area contributed by atoms with E-state index < -0.39 is 5.97 Å². The summed E-state index contributed by atoms with van der Waals surface area (Å²) in [7, 11) is 3.21. The van der Waals surface area contributed by atoms with E-state index in [4.69, 9.17) is 25.8 Å². The number of hydrogen-bond acceptors (Lipinski definition) is 5. The van der Waals surface area contributed by atoms with Crippen LogP contribution >= 0.6 is 11.6 Å². The number of halogens is 1. The molecule has 3 aromatic rings. The van der Waals surface area contributed by atoms with E-state index >= 15 is 0 Å². The van der Waals surface area contributed by atoms with Crippen molar-refractivity contribution in [2.75, 3.05) is 20.8 Å². The molecule has 0 N–H and O–H groups in total. The summed E-state index contributed by atoms with van der Waals surface area (Å²) < 4.78 is 15.9. The van der Waals surface area contributed by atoms with Gasteiger partial charge in [-0.3, -0.25) is 4.98 Å². The third-order valence-corrected chi connectivity index (χ3v) is 4.51. The molecule has 0 amide bonds. The van der Waals surface area contributed by atoms with Crippen LogP contribution in [0.3, 0.4) is 0 Å². The van der Waals surface area contributed by atoms with Gasteiger partial charge in [-0.2, -0.15) is 0 Å². The van der Waals surface area contributed by atoms with Crippen molar-refractivity contribution in [3.8, 4) is 22.6 Å². The van der Waals surface area contributed by atoms with Crippen LogP contribution in [0.1, 0.15) is 23.0 Å². The maximum Gasteiger partial charge on any atom is 0.340 e. The number of methoxy groups -OCH3 is 2. The average Bonchev–Trinajstić information content (AvgIpc) is 2.72. The van der Waals surface area contributed by atoms with Crippen molar-refractivity contribution >= 4 is 28.5 Å². The molecular weight excluding hydrogens is 366 g/mol. The molecular formula is C21H20ClNO4. The molecule has 6 heteroatoms. The highest BCUT2D eigenvalue weighted by Gasteiger charge is 2.23. The number of ether oxygens (including phenoxy) is 3. The van der Waals surface area contributed by atoms with Crippen molar-refractivity contribution in [3.05, 3.63) is 53.7 Å². The molecule has 2 aromatic carbocycles. The number of rotatable bonds is 6. The molecule has 0 spiro atoms. The van der Waals surface area contributed by atoms with Gasteiger partial charge in [-0.15, -0.1) is 11.6 Å². The zero-order valence-electron chi connectivity index (χ0n) is 15.4. The van der Waals surface area contributed by atoms with E-state index in [9.17, 15) is 4.79 Å². The van der Waals surface area contributed by atoms with Crippen LogP contribution < -0.4 is 9.47 Å². The smallest absolute Gasteiger partial charge is 0.340 e. The highest BCUT2D eigenvalue weighted by atomic mass is 35.5. The van der Waals surface area contributed by atoms with Gasteiger partial charge in [0, 0.05) is 10.9 Å². The predicted molar refractivity (Wildman–Crippen MR) is 106 cm³/mol. The minimum absolute atomic E-state index is 0.0965. The van der Waals surface area contributed by atoms with Crippen LogP contribution in [0, 0.1) is 0 Å². The Morgan fingerprint density at radius 1 is 1.04 bits per heavy atom. The lowest BCUT2D eigenvalue weighted by molar-refractivity contribution is 0.0526. The number of fused-ring (bicyclic) bond motifs is 1. The molecule has 0 aliphatic carbocycles. The molecule has 5 nitrogen and oxygen atoms in total. The Balaban J connectivity index is 2.38. The summed E-state index contributed by atoms with van der Waals surface area (Å²) in [5.41, 5.74) is 3.14. The summed E-state index contributed by atoms with van der Waals surface area (Å²) in [6, 6.07) is 13.0. The molecule has 0 bridgehead atoms. The van der Waals surface area contributed by atoms with Crippen LogP contribution in [0.5, 0.6) is 11.5 Å². The van der Waals surface area contributed by atoms with Gasteiger partial charge in [0.25, 0.3) is 0 Å². The lowest BCUT2D eigenvalue weighted by Crippen LogP contribution is -2.12. The zero-order chi connectivity index (χ0) is 19.4. The van der Waals surface area contributed by atoms with Crippen LogP contribution in [0.25, 0.3) is 22.0 Å². The second kappa shape index (κ2) is 8.27. The number of benzene rings is 2. The number of esters is 1. The molecule has 0 radical (unpaired) electrons. The molecule has 3 rings (SSSR count). The van der Waals surface area contributed by atoms with E-state index in [1.165, 1.54) is 0 Å². The van der Waals surface area contributed by atoms with Crippen molar-refractivity contribution in [2.45, 2.75) is 12.8 Å². The van der Waals surface area contributed by atoms with Gasteiger partial charge < -0.3 is 14.2 Å². The summed E-state index contributed by atoms with van der Waals surface area (Å²) >= 11 is 6.13. The number of alkyl halides is 1. The van der Waals surface area contributed by atoms with Gasteiger partial charge in [-0.05, 0) is 42.8 Å². The van der Waals surface area contributed by atoms with Crippen LogP contribution in [0.2, 0.25) is 0 Å². The van der Waals surface area contributed by atoms with Crippen molar-refractivity contribution in [3.63, 3.8) is 0 Å². The quantitative estimate of drug-likeness (QED) is 0.449. The molecule has 0 fully saturated rings. The number of carbonyl (C=O) groups is 1. The fourth-order valence-corrected chi connectivity index (χ4v) is 3.19. The van der Waals surface area contributed by atoms with E-state index in [0.29, 0.717) is 17.0 Å². The second-order valence-corrected chi connectivity index (χ2v) is 6.04. The second-order valence-electron chi connectivity index (χ2n) is 5.77. The first-order valence-electron chi connectivity index (χ1n) is 8.51. The Labute approximate surface area is 162 Å². The highest BCUT2D eigenvalue weighted by molar-refractivity contribution is 6.18. The molecule has 0 saturated heterocycles. The first-order chi connectivity index (χ1) is 13.1. The molecule has 1 aromatic heterocycles. The largest absolute Gasteiger partial charge is 0.497 e. The minimum atomic E-state index is -0.448.